The molecule has 10 atom stereocenters. The van der Waals surface area contributed by atoms with E-state index in [1.807, 2.05) is 182 Å². The summed E-state index contributed by atoms with van der Waals surface area (Å²) in [6.45, 7) is 1.27. The van der Waals surface area contributed by atoms with Crippen LogP contribution >= 0.6 is 0 Å². The van der Waals surface area contributed by atoms with Crippen molar-refractivity contribution in [2.75, 3.05) is 27.4 Å². The molecule has 9 rings (SSSR count). The molecule has 2 fully saturated rings. The summed E-state index contributed by atoms with van der Waals surface area (Å²) in [6, 6.07) is 65.8. The summed E-state index contributed by atoms with van der Waals surface area (Å²) in [5.74, 6) is 0.110. The van der Waals surface area contributed by atoms with Gasteiger partial charge in [0.1, 0.15) is 48.5 Å². The quantitative estimate of drug-likeness (QED) is 0.0478. The van der Waals surface area contributed by atoms with E-state index in [9.17, 15) is 4.79 Å². The molecule has 76 heavy (non-hydrogen) atoms. The molecule has 0 N–H and O–H groups in total. The minimum absolute atomic E-state index is 0.0664. The number of hydrogen-bond acceptors (Lipinski definition) is 13. The second-order valence-electron chi connectivity index (χ2n) is 18.6. The van der Waals surface area contributed by atoms with Gasteiger partial charge in [-0.3, -0.25) is 0 Å². The summed E-state index contributed by atoms with van der Waals surface area (Å²) in [5.41, 5.74) is 5.96. The Balaban J connectivity index is 1.07. The molecule has 0 radical (unpaired) electrons. The number of rotatable bonds is 26. The number of ether oxygens (including phenoxy) is 12. The van der Waals surface area contributed by atoms with Crippen LogP contribution in [0, 0.1) is 0 Å². The fourth-order valence-corrected chi connectivity index (χ4v) is 9.24. The average Bonchev–Trinajstić information content (AvgIpc) is 3.49. The summed E-state index contributed by atoms with van der Waals surface area (Å²) in [4.78, 5) is 14.4. The van der Waals surface area contributed by atoms with Crippen LogP contribution in [-0.2, 0) is 91.7 Å². The predicted octanol–water partition coefficient (Wildman–Crippen LogP) is 10.5. The van der Waals surface area contributed by atoms with Gasteiger partial charge < -0.3 is 56.8 Å². The van der Waals surface area contributed by atoms with Crippen LogP contribution in [0.2, 0.25) is 0 Å². The first-order valence-corrected chi connectivity index (χ1v) is 25.7. The van der Waals surface area contributed by atoms with E-state index in [-0.39, 0.29) is 46.2 Å². The Morgan fingerprint density at radius 2 is 0.737 bits per heavy atom. The van der Waals surface area contributed by atoms with Crippen LogP contribution in [0.1, 0.15) is 43.7 Å². The van der Waals surface area contributed by atoms with Crippen molar-refractivity contribution in [3.8, 4) is 5.75 Å². The molecule has 2 aliphatic rings. The van der Waals surface area contributed by atoms with E-state index in [4.69, 9.17) is 56.8 Å². The third kappa shape index (κ3) is 15.3. The van der Waals surface area contributed by atoms with Crippen LogP contribution in [0.25, 0.3) is 0 Å². The van der Waals surface area contributed by atoms with Crippen molar-refractivity contribution in [1.29, 1.82) is 0 Å². The van der Waals surface area contributed by atoms with E-state index < -0.39 is 67.4 Å². The highest BCUT2D eigenvalue weighted by Crippen LogP contribution is 2.35. The number of esters is 1. The molecule has 13 nitrogen and oxygen atoms in total. The first-order valence-electron chi connectivity index (χ1n) is 25.7. The maximum Gasteiger partial charge on any atom is 0.338 e. The van der Waals surface area contributed by atoms with Crippen molar-refractivity contribution >= 4 is 5.97 Å². The highest BCUT2D eigenvalue weighted by molar-refractivity contribution is 5.89. The molecule has 0 bridgehead atoms. The monoisotopic (exact) mass is 1030 g/mol. The Hall–Kier alpha value is -6.59. The zero-order valence-electron chi connectivity index (χ0n) is 42.9. The highest BCUT2D eigenvalue weighted by atomic mass is 16.8. The molecular weight excluding hydrogens is 965 g/mol. The van der Waals surface area contributed by atoms with Crippen molar-refractivity contribution < 1.29 is 61.6 Å². The van der Waals surface area contributed by atoms with Gasteiger partial charge in [-0.05, 0) is 57.6 Å². The van der Waals surface area contributed by atoms with Gasteiger partial charge in [0.05, 0.1) is 65.5 Å². The summed E-state index contributed by atoms with van der Waals surface area (Å²) in [5, 5.41) is 0. The molecule has 2 heterocycles. The van der Waals surface area contributed by atoms with Crippen LogP contribution in [-0.4, -0.2) is 94.8 Å². The van der Waals surface area contributed by atoms with Gasteiger partial charge in [-0.25, -0.2) is 4.79 Å². The van der Waals surface area contributed by atoms with Gasteiger partial charge >= 0.3 is 5.97 Å². The van der Waals surface area contributed by atoms with Gasteiger partial charge in [0.2, 0.25) is 0 Å². The number of benzene rings is 7. The molecule has 0 aliphatic carbocycles. The van der Waals surface area contributed by atoms with Gasteiger partial charge in [-0.2, -0.15) is 0 Å². The van der Waals surface area contributed by atoms with Crippen LogP contribution in [0.15, 0.2) is 206 Å². The Kier molecular flexibility index (Phi) is 20.3. The number of methoxy groups -OCH3 is 2. The molecular formula is C63H66O13. The molecule has 7 aromatic carbocycles. The Labute approximate surface area is 445 Å². The molecule has 2 aliphatic heterocycles. The fourth-order valence-electron chi connectivity index (χ4n) is 9.24. The Morgan fingerprint density at radius 3 is 1.18 bits per heavy atom. The van der Waals surface area contributed by atoms with E-state index >= 15 is 0 Å². The summed E-state index contributed by atoms with van der Waals surface area (Å²) < 4.78 is 79.7. The minimum Gasteiger partial charge on any atom is -0.497 e. The van der Waals surface area contributed by atoms with Gasteiger partial charge in [-0.1, -0.05) is 182 Å². The lowest BCUT2D eigenvalue weighted by Gasteiger charge is -2.47. The largest absolute Gasteiger partial charge is 0.497 e. The highest BCUT2D eigenvalue weighted by Gasteiger charge is 2.53. The van der Waals surface area contributed by atoms with E-state index in [1.165, 1.54) is 0 Å². The normalized spacial score (nSPS) is 23.4. The summed E-state index contributed by atoms with van der Waals surface area (Å²) in [7, 11) is 3.20. The smallest absolute Gasteiger partial charge is 0.338 e. The molecule has 0 unspecified atom stereocenters. The molecule has 0 spiro atoms. The van der Waals surface area contributed by atoms with Crippen molar-refractivity contribution in [1.82, 2.24) is 0 Å². The number of hydrogen-bond donors (Lipinski definition) is 0. The zero-order chi connectivity index (χ0) is 52.2. The van der Waals surface area contributed by atoms with Crippen molar-refractivity contribution in [3.05, 3.63) is 245 Å². The lowest BCUT2D eigenvalue weighted by molar-refractivity contribution is -0.346. The molecule has 396 valence electrons. The predicted molar refractivity (Wildman–Crippen MR) is 284 cm³/mol. The maximum atomic E-state index is 14.4. The molecule has 13 heteroatoms. The fraction of sp³-hybridized carbons (Fsp3) is 0.317. The van der Waals surface area contributed by atoms with Crippen molar-refractivity contribution in [3.63, 3.8) is 0 Å². The maximum absolute atomic E-state index is 14.4. The SMILES string of the molecule is COc1ccc(CO[C@H]2[C@H](OCc3ccccc3)[C@H](OC(=O)c3ccccc3)[C@@H](OC[C@H]3O[C@H](OC)[C@H](OCc4ccccc4)[C@@H](OCc4ccccc4)[C@@H]3OCc3ccccc3)O[C@@H]2COCc2ccccc2)cc1. The topological polar surface area (TPSA) is 128 Å². The Morgan fingerprint density at radius 1 is 0.368 bits per heavy atom. The second-order valence-corrected chi connectivity index (χ2v) is 18.6. The van der Waals surface area contributed by atoms with Gasteiger partial charge in [0.25, 0.3) is 0 Å². The molecule has 7 aromatic rings. The van der Waals surface area contributed by atoms with Crippen LogP contribution < -0.4 is 4.74 Å². The van der Waals surface area contributed by atoms with Gasteiger partial charge in [0.15, 0.2) is 18.7 Å². The Bertz CT molecular complexity index is 2720. The lowest BCUT2D eigenvalue weighted by atomic mass is 9.96. The summed E-state index contributed by atoms with van der Waals surface area (Å²) in [6.07, 6.45) is -9.11. The average molecular weight is 1030 g/mol. The van der Waals surface area contributed by atoms with Crippen LogP contribution in [0.4, 0.5) is 0 Å². The van der Waals surface area contributed by atoms with Crippen LogP contribution in [0.3, 0.4) is 0 Å². The first-order chi connectivity index (χ1) is 37.5. The van der Waals surface area contributed by atoms with E-state index in [0.29, 0.717) is 17.9 Å². The second kappa shape index (κ2) is 28.5. The molecule has 0 saturated carbocycles. The zero-order valence-corrected chi connectivity index (χ0v) is 42.9. The van der Waals surface area contributed by atoms with E-state index in [2.05, 4.69) is 0 Å². The van der Waals surface area contributed by atoms with Gasteiger partial charge in [-0.15, -0.1) is 0 Å². The van der Waals surface area contributed by atoms with Crippen molar-refractivity contribution in [2.24, 2.45) is 0 Å². The lowest BCUT2D eigenvalue weighted by Crippen LogP contribution is -2.64. The number of carbonyl (C=O) groups excluding carboxylic acids is 1. The molecule has 0 aromatic heterocycles. The standard InChI is InChI=1S/C63H66O13/c1-65-52-35-33-50(34-36-52)42-69-55-53(43-67-37-45-21-9-3-10-22-45)75-63(60(76-61(64)51-31-19-8-20-32-51)58(55)71-40-48-27-15-6-16-28-48)73-44-54-56(68-38-46-23-11-4-12-24-46)57(70-39-47-25-13-5-14-26-47)59(62(66-2)74-54)72-41-49-29-17-7-18-30-49/h3-36,53-60,62-63H,37-44H2,1-2H3/t53-,54-,55-,56-,57+,58+,59-,60+,62+,63+/m1/s1. The van der Waals surface area contributed by atoms with Gasteiger partial charge in [0, 0.05) is 7.11 Å². The summed E-state index contributed by atoms with van der Waals surface area (Å²) >= 11 is 0. The first kappa shape index (κ1) is 54.2. The molecule has 0 amide bonds. The molecule has 2 saturated heterocycles. The third-order valence-electron chi connectivity index (χ3n) is 13.2. The van der Waals surface area contributed by atoms with Crippen molar-refractivity contribution in [2.45, 2.75) is 101 Å². The van der Waals surface area contributed by atoms with E-state index in [1.54, 1.807) is 38.5 Å². The third-order valence-corrected chi connectivity index (χ3v) is 13.2. The minimum atomic E-state index is -1.25. The van der Waals surface area contributed by atoms with Crippen LogP contribution in [0.5, 0.6) is 5.75 Å². The van der Waals surface area contributed by atoms with E-state index in [0.717, 1.165) is 33.4 Å². The number of carbonyl (C=O) groups is 1.